The fraction of sp³-hybridized carbons (Fsp3) is 0.143. The molecule has 1 aliphatic heterocycles. The molecule has 0 radical (unpaired) electrons. The molecule has 3 rings (SSSR count). The van der Waals surface area contributed by atoms with Gasteiger partial charge in [0, 0.05) is 5.02 Å². The molecule has 2 aromatic rings. The standard InChI is InChI=1S/C14H10ClNO5/c15-9-1-2-12-11(4-9)16(13(17)7-21-12)5-10-3-8(6-20-10)14(18)19/h1-4,6H,5,7H2,(H,18,19). The molecule has 0 spiro atoms. The number of hydrogen-bond acceptors (Lipinski definition) is 4. The van der Waals surface area contributed by atoms with Gasteiger partial charge in [0.2, 0.25) is 0 Å². The first kappa shape index (κ1) is 13.5. The fourth-order valence-electron chi connectivity index (χ4n) is 2.08. The van der Waals surface area contributed by atoms with E-state index >= 15 is 0 Å². The highest BCUT2D eigenvalue weighted by Crippen LogP contribution is 2.35. The van der Waals surface area contributed by atoms with E-state index in [-0.39, 0.29) is 24.6 Å². The predicted molar refractivity (Wildman–Crippen MR) is 73.8 cm³/mol. The third kappa shape index (κ3) is 2.57. The Morgan fingerprint density at radius 1 is 1.38 bits per heavy atom. The van der Waals surface area contributed by atoms with Crippen molar-refractivity contribution in [3.8, 4) is 5.75 Å². The summed E-state index contributed by atoms with van der Waals surface area (Å²) < 4.78 is 10.5. The molecule has 21 heavy (non-hydrogen) atoms. The number of carbonyl (C=O) groups excluding carboxylic acids is 1. The van der Waals surface area contributed by atoms with Crippen molar-refractivity contribution in [1.82, 2.24) is 0 Å². The van der Waals surface area contributed by atoms with Crippen LogP contribution in [-0.4, -0.2) is 23.6 Å². The predicted octanol–water partition coefficient (Wildman–Crippen LogP) is 2.56. The normalized spacial score (nSPS) is 13.8. The minimum absolute atomic E-state index is 0.0389. The lowest BCUT2D eigenvalue weighted by molar-refractivity contribution is -0.121. The van der Waals surface area contributed by atoms with Gasteiger partial charge in [0.15, 0.2) is 6.61 Å². The molecular weight excluding hydrogens is 298 g/mol. The molecule has 1 aromatic heterocycles. The van der Waals surface area contributed by atoms with E-state index in [2.05, 4.69) is 0 Å². The average molecular weight is 308 g/mol. The number of ether oxygens (including phenoxy) is 1. The molecule has 7 heteroatoms. The van der Waals surface area contributed by atoms with E-state index in [0.717, 1.165) is 6.26 Å². The minimum atomic E-state index is -1.08. The lowest BCUT2D eigenvalue weighted by atomic mass is 10.2. The number of halogens is 1. The van der Waals surface area contributed by atoms with E-state index in [1.165, 1.54) is 11.0 Å². The number of carboxylic acids is 1. The van der Waals surface area contributed by atoms with Crippen LogP contribution in [0.15, 0.2) is 34.9 Å². The molecule has 108 valence electrons. The first-order valence-corrected chi connectivity index (χ1v) is 6.46. The summed E-state index contributed by atoms with van der Waals surface area (Å²) in [5.74, 6) is -0.419. The highest BCUT2D eigenvalue weighted by molar-refractivity contribution is 6.31. The van der Waals surface area contributed by atoms with Gasteiger partial charge in [0.05, 0.1) is 17.8 Å². The third-order valence-corrected chi connectivity index (χ3v) is 3.31. The zero-order valence-corrected chi connectivity index (χ0v) is 11.5. The number of rotatable bonds is 3. The molecule has 0 atom stereocenters. The largest absolute Gasteiger partial charge is 0.482 e. The summed E-state index contributed by atoms with van der Waals surface area (Å²) in [5, 5.41) is 9.35. The van der Waals surface area contributed by atoms with Gasteiger partial charge in [0.1, 0.15) is 17.8 Å². The van der Waals surface area contributed by atoms with E-state index in [9.17, 15) is 9.59 Å². The first-order chi connectivity index (χ1) is 10.0. The average Bonchev–Trinajstić information content (AvgIpc) is 2.91. The Morgan fingerprint density at radius 3 is 2.90 bits per heavy atom. The molecule has 0 aliphatic carbocycles. The zero-order valence-electron chi connectivity index (χ0n) is 10.7. The molecule has 0 fully saturated rings. The number of hydrogen-bond donors (Lipinski definition) is 1. The molecule has 2 heterocycles. The molecule has 1 aromatic carbocycles. The number of furan rings is 1. The molecule has 6 nitrogen and oxygen atoms in total. The minimum Gasteiger partial charge on any atom is -0.482 e. The van der Waals surface area contributed by atoms with Crippen molar-refractivity contribution in [2.75, 3.05) is 11.5 Å². The number of fused-ring (bicyclic) bond motifs is 1. The zero-order chi connectivity index (χ0) is 15.0. The Hall–Kier alpha value is -2.47. The number of carboxylic acid groups (broad SMARTS) is 1. The van der Waals surface area contributed by atoms with Gasteiger partial charge in [-0.1, -0.05) is 11.6 Å². The van der Waals surface area contributed by atoms with Crippen LogP contribution in [-0.2, 0) is 11.3 Å². The number of amides is 1. The van der Waals surface area contributed by atoms with E-state index in [0.29, 0.717) is 22.2 Å². The first-order valence-electron chi connectivity index (χ1n) is 6.08. The van der Waals surface area contributed by atoms with Crippen molar-refractivity contribution >= 4 is 29.2 Å². The Balaban J connectivity index is 1.92. The number of benzene rings is 1. The van der Waals surface area contributed by atoms with Gasteiger partial charge in [-0.25, -0.2) is 4.79 Å². The third-order valence-electron chi connectivity index (χ3n) is 3.08. The maximum absolute atomic E-state index is 12.0. The summed E-state index contributed by atoms with van der Waals surface area (Å²) >= 11 is 5.94. The molecule has 0 bridgehead atoms. The van der Waals surface area contributed by atoms with Crippen molar-refractivity contribution in [2.45, 2.75) is 6.54 Å². The SMILES string of the molecule is O=C(O)c1coc(CN2C(=O)COc3ccc(Cl)cc32)c1. The molecule has 0 saturated carbocycles. The van der Waals surface area contributed by atoms with Crippen LogP contribution in [0.5, 0.6) is 5.75 Å². The fourth-order valence-corrected chi connectivity index (χ4v) is 2.25. The van der Waals surface area contributed by atoms with E-state index in [1.807, 2.05) is 0 Å². The van der Waals surface area contributed by atoms with Crippen molar-refractivity contribution in [1.29, 1.82) is 0 Å². The van der Waals surface area contributed by atoms with Crippen molar-refractivity contribution in [3.63, 3.8) is 0 Å². The van der Waals surface area contributed by atoms with Gasteiger partial charge in [-0.2, -0.15) is 0 Å². The summed E-state index contributed by atoms with van der Waals surface area (Å²) in [4.78, 5) is 24.3. The summed E-state index contributed by atoms with van der Waals surface area (Å²) in [6.45, 7) is 0.0317. The quantitative estimate of drug-likeness (QED) is 0.942. The summed E-state index contributed by atoms with van der Waals surface area (Å²) in [6, 6.07) is 6.36. The molecule has 0 unspecified atom stereocenters. The van der Waals surface area contributed by atoms with Crippen LogP contribution < -0.4 is 9.64 Å². The van der Waals surface area contributed by atoms with Crippen molar-refractivity contribution in [3.05, 3.63) is 46.9 Å². The summed E-state index contributed by atoms with van der Waals surface area (Å²) in [5.41, 5.74) is 0.573. The lowest BCUT2D eigenvalue weighted by Crippen LogP contribution is -2.38. The van der Waals surface area contributed by atoms with Crippen molar-refractivity contribution < 1.29 is 23.8 Å². The number of nitrogens with zero attached hydrogens (tertiary/aromatic N) is 1. The molecular formula is C14H10ClNO5. The summed E-state index contributed by atoms with van der Waals surface area (Å²) in [7, 11) is 0. The van der Waals surface area contributed by atoms with Gasteiger partial charge in [-0.3, -0.25) is 9.69 Å². The number of carbonyl (C=O) groups is 2. The van der Waals surface area contributed by atoms with Gasteiger partial charge < -0.3 is 14.3 Å². The Bertz CT molecular complexity index is 724. The second-order valence-electron chi connectivity index (χ2n) is 4.49. The second-order valence-corrected chi connectivity index (χ2v) is 4.92. The number of aromatic carboxylic acids is 1. The Labute approximate surface area is 124 Å². The van der Waals surface area contributed by atoms with Crippen LogP contribution in [0.3, 0.4) is 0 Å². The van der Waals surface area contributed by atoms with Crippen LogP contribution in [0, 0.1) is 0 Å². The van der Waals surface area contributed by atoms with Gasteiger partial charge in [0.25, 0.3) is 5.91 Å². The molecule has 1 amide bonds. The van der Waals surface area contributed by atoms with Gasteiger partial charge in [-0.15, -0.1) is 0 Å². The second kappa shape index (κ2) is 5.14. The lowest BCUT2D eigenvalue weighted by Gasteiger charge is -2.28. The van der Waals surface area contributed by atoms with Crippen molar-refractivity contribution in [2.24, 2.45) is 0 Å². The number of anilines is 1. The van der Waals surface area contributed by atoms with Gasteiger partial charge >= 0.3 is 5.97 Å². The Kier molecular flexibility index (Phi) is 3.31. The van der Waals surface area contributed by atoms with E-state index in [4.69, 9.17) is 25.9 Å². The van der Waals surface area contributed by atoms with E-state index < -0.39 is 5.97 Å². The molecule has 1 N–H and O–H groups in total. The van der Waals surface area contributed by atoms with Gasteiger partial charge in [-0.05, 0) is 24.3 Å². The van der Waals surface area contributed by atoms with E-state index in [1.54, 1.807) is 18.2 Å². The summed E-state index contributed by atoms with van der Waals surface area (Å²) in [6.07, 6.45) is 1.14. The highest BCUT2D eigenvalue weighted by atomic mass is 35.5. The molecule has 0 saturated heterocycles. The van der Waals surface area contributed by atoms with Crippen LogP contribution in [0.1, 0.15) is 16.1 Å². The topological polar surface area (TPSA) is 80.0 Å². The maximum Gasteiger partial charge on any atom is 0.338 e. The van der Waals surface area contributed by atoms with Crippen LogP contribution in [0.25, 0.3) is 0 Å². The molecule has 1 aliphatic rings. The smallest absolute Gasteiger partial charge is 0.338 e. The highest BCUT2D eigenvalue weighted by Gasteiger charge is 2.27. The monoisotopic (exact) mass is 307 g/mol. The Morgan fingerprint density at radius 2 is 2.19 bits per heavy atom. The van der Waals surface area contributed by atoms with Crippen LogP contribution in [0.4, 0.5) is 5.69 Å². The van der Waals surface area contributed by atoms with Crippen LogP contribution >= 0.6 is 11.6 Å². The van der Waals surface area contributed by atoms with Crippen LogP contribution in [0.2, 0.25) is 5.02 Å². The maximum atomic E-state index is 12.0.